The minimum absolute atomic E-state index is 0.220. The SMILES string of the molecule is O=C(Nc1ccc(Oc2ccccc2)cc1)/C(=C/c1ccccc1Cl)c1ccccc1. The minimum atomic E-state index is -0.220. The molecule has 4 aromatic rings. The number of para-hydroxylation sites is 1. The fourth-order valence-electron chi connectivity index (χ4n) is 3.07. The van der Waals surface area contributed by atoms with Crippen LogP contribution in [0.2, 0.25) is 5.02 Å². The standard InChI is InChI=1S/C27H20ClNO2/c28-26-14-8-7-11-21(26)19-25(20-9-3-1-4-10-20)27(30)29-22-15-17-24(18-16-22)31-23-12-5-2-6-13-23/h1-19H,(H,29,30)/b25-19+. The van der Waals surface area contributed by atoms with E-state index in [4.69, 9.17) is 16.3 Å². The van der Waals surface area contributed by atoms with E-state index in [0.717, 1.165) is 16.9 Å². The monoisotopic (exact) mass is 425 g/mol. The third-order valence-electron chi connectivity index (χ3n) is 4.63. The molecule has 1 amide bonds. The molecule has 0 radical (unpaired) electrons. The first-order chi connectivity index (χ1) is 15.2. The third kappa shape index (κ3) is 5.41. The number of benzene rings is 4. The number of halogens is 1. The van der Waals surface area contributed by atoms with Crippen molar-refractivity contribution < 1.29 is 9.53 Å². The lowest BCUT2D eigenvalue weighted by Gasteiger charge is -2.11. The molecular formula is C27H20ClNO2. The molecule has 0 unspecified atom stereocenters. The van der Waals surface area contributed by atoms with E-state index in [0.29, 0.717) is 22.0 Å². The molecule has 4 heteroatoms. The number of carbonyl (C=O) groups is 1. The van der Waals surface area contributed by atoms with E-state index in [-0.39, 0.29) is 5.91 Å². The summed E-state index contributed by atoms with van der Waals surface area (Å²) in [5, 5.41) is 3.55. The van der Waals surface area contributed by atoms with Crippen LogP contribution in [-0.4, -0.2) is 5.91 Å². The average Bonchev–Trinajstić information content (AvgIpc) is 2.81. The number of amides is 1. The number of carbonyl (C=O) groups excluding carboxylic acids is 1. The Bertz CT molecular complexity index is 1190. The van der Waals surface area contributed by atoms with Gasteiger partial charge in [0.25, 0.3) is 5.91 Å². The van der Waals surface area contributed by atoms with Crippen LogP contribution in [0.1, 0.15) is 11.1 Å². The highest BCUT2D eigenvalue weighted by Gasteiger charge is 2.13. The van der Waals surface area contributed by atoms with Gasteiger partial charge in [-0.05, 0) is 59.7 Å². The Balaban J connectivity index is 1.56. The number of nitrogens with one attached hydrogen (secondary N) is 1. The van der Waals surface area contributed by atoms with Crippen LogP contribution in [0.4, 0.5) is 5.69 Å². The topological polar surface area (TPSA) is 38.3 Å². The first-order valence-corrected chi connectivity index (χ1v) is 10.2. The Morgan fingerprint density at radius 3 is 1.97 bits per heavy atom. The van der Waals surface area contributed by atoms with Gasteiger partial charge in [-0.25, -0.2) is 0 Å². The maximum atomic E-state index is 13.2. The highest BCUT2D eigenvalue weighted by molar-refractivity contribution is 6.34. The van der Waals surface area contributed by atoms with E-state index in [9.17, 15) is 4.79 Å². The highest BCUT2D eigenvalue weighted by atomic mass is 35.5. The average molecular weight is 426 g/mol. The summed E-state index contributed by atoms with van der Waals surface area (Å²) in [5.74, 6) is 1.23. The largest absolute Gasteiger partial charge is 0.457 e. The molecule has 4 rings (SSSR count). The van der Waals surface area contributed by atoms with E-state index >= 15 is 0 Å². The maximum Gasteiger partial charge on any atom is 0.256 e. The summed E-state index contributed by atoms with van der Waals surface area (Å²) in [4.78, 5) is 13.2. The van der Waals surface area contributed by atoms with Gasteiger partial charge in [0.2, 0.25) is 0 Å². The molecule has 3 nitrogen and oxygen atoms in total. The molecular weight excluding hydrogens is 406 g/mol. The van der Waals surface area contributed by atoms with Gasteiger partial charge in [-0.15, -0.1) is 0 Å². The van der Waals surface area contributed by atoms with Crippen molar-refractivity contribution in [3.05, 3.63) is 125 Å². The summed E-state index contributed by atoms with van der Waals surface area (Å²) < 4.78 is 5.81. The molecule has 0 saturated carbocycles. The van der Waals surface area contributed by atoms with Crippen molar-refractivity contribution in [3.63, 3.8) is 0 Å². The lowest BCUT2D eigenvalue weighted by molar-refractivity contribution is -0.111. The predicted octanol–water partition coefficient (Wildman–Crippen LogP) is 7.31. The zero-order valence-electron chi connectivity index (χ0n) is 16.7. The van der Waals surface area contributed by atoms with Crippen LogP contribution < -0.4 is 10.1 Å². The Labute approximate surface area is 186 Å². The molecule has 0 saturated heterocycles. The second-order valence-corrected chi connectivity index (χ2v) is 7.25. The van der Waals surface area contributed by atoms with Gasteiger partial charge in [0.05, 0.1) is 0 Å². The van der Waals surface area contributed by atoms with E-state index in [2.05, 4.69) is 5.32 Å². The maximum absolute atomic E-state index is 13.2. The molecule has 0 fully saturated rings. The number of hydrogen-bond donors (Lipinski definition) is 1. The van der Waals surface area contributed by atoms with E-state index < -0.39 is 0 Å². The van der Waals surface area contributed by atoms with Gasteiger partial charge in [0, 0.05) is 16.3 Å². The lowest BCUT2D eigenvalue weighted by atomic mass is 10.0. The Morgan fingerprint density at radius 1 is 0.710 bits per heavy atom. The fraction of sp³-hybridized carbons (Fsp3) is 0. The van der Waals surface area contributed by atoms with Crippen molar-refractivity contribution in [3.8, 4) is 11.5 Å². The zero-order chi connectivity index (χ0) is 21.5. The van der Waals surface area contributed by atoms with Gasteiger partial charge in [0.15, 0.2) is 0 Å². The van der Waals surface area contributed by atoms with Gasteiger partial charge in [-0.3, -0.25) is 4.79 Å². The van der Waals surface area contributed by atoms with Crippen molar-refractivity contribution in [1.29, 1.82) is 0 Å². The number of anilines is 1. The van der Waals surface area contributed by atoms with Crippen LogP contribution in [0.25, 0.3) is 11.6 Å². The van der Waals surface area contributed by atoms with Crippen LogP contribution in [0.15, 0.2) is 109 Å². The molecule has 152 valence electrons. The molecule has 0 aliphatic rings. The van der Waals surface area contributed by atoms with Crippen LogP contribution >= 0.6 is 11.6 Å². The molecule has 0 aromatic heterocycles. The van der Waals surface area contributed by atoms with Crippen LogP contribution in [0.5, 0.6) is 11.5 Å². The quantitative estimate of drug-likeness (QED) is 0.260. The second kappa shape index (κ2) is 9.79. The van der Waals surface area contributed by atoms with E-state index in [1.54, 1.807) is 12.1 Å². The molecule has 31 heavy (non-hydrogen) atoms. The molecule has 0 atom stereocenters. The normalized spacial score (nSPS) is 11.1. The molecule has 1 N–H and O–H groups in total. The molecule has 0 heterocycles. The molecule has 4 aromatic carbocycles. The van der Waals surface area contributed by atoms with Crippen molar-refractivity contribution in [2.24, 2.45) is 0 Å². The second-order valence-electron chi connectivity index (χ2n) is 6.84. The molecule has 0 bridgehead atoms. The summed E-state index contributed by atoms with van der Waals surface area (Å²) in [6.45, 7) is 0. The van der Waals surface area contributed by atoms with Gasteiger partial charge in [0.1, 0.15) is 11.5 Å². The van der Waals surface area contributed by atoms with Crippen LogP contribution in [-0.2, 0) is 4.79 Å². The van der Waals surface area contributed by atoms with Crippen molar-refractivity contribution in [2.45, 2.75) is 0 Å². The lowest BCUT2D eigenvalue weighted by Crippen LogP contribution is -2.13. The Kier molecular flexibility index (Phi) is 6.46. The summed E-state index contributed by atoms with van der Waals surface area (Å²) in [5.41, 5.74) is 2.79. The van der Waals surface area contributed by atoms with Crippen molar-refractivity contribution in [2.75, 3.05) is 5.32 Å². The number of rotatable bonds is 6. The summed E-state index contributed by atoms with van der Waals surface area (Å²) in [6, 6.07) is 33.8. The van der Waals surface area contributed by atoms with Gasteiger partial charge in [-0.1, -0.05) is 78.3 Å². The number of hydrogen-bond acceptors (Lipinski definition) is 2. The molecule has 0 spiro atoms. The van der Waals surface area contributed by atoms with Crippen LogP contribution in [0.3, 0.4) is 0 Å². The van der Waals surface area contributed by atoms with E-state index in [1.807, 2.05) is 103 Å². The van der Waals surface area contributed by atoms with Crippen LogP contribution in [0, 0.1) is 0 Å². The fourth-order valence-corrected chi connectivity index (χ4v) is 3.26. The van der Waals surface area contributed by atoms with Gasteiger partial charge in [-0.2, -0.15) is 0 Å². The van der Waals surface area contributed by atoms with Gasteiger partial charge < -0.3 is 10.1 Å². The predicted molar refractivity (Wildman–Crippen MR) is 127 cm³/mol. The minimum Gasteiger partial charge on any atom is -0.457 e. The zero-order valence-corrected chi connectivity index (χ0v) is 17.4. The smallest absolute Gasteiger partial charge is 0.256 e. The van der Waals surface area contributed by atoms with Crippen molar-refractivity contribution >= 4 is 34.8 Å². The Hall–Kier alpha value is -3.82. The third-order valence-corrected chi connectivity index (χ3v) is 4.97. The first-order valence-electron chi connectivity index (χ1n) is 9.85. The summed E-state index contributed by atoms with van der Waals surface area (Å²) in [7, 11) is 0. The number of ether oxygens (including phenoxy) is 1. The highest BCUT2D eigenvalue weighted by Crippen LogP contribution is 2.26. The molecule has 0 aliphatic carbocycles. The summed E-state index contributed by atoms with van der Waals surface area (Å²) in [6.07, 6.45) is 1.81. The first kappa shape index (κ1) is 20.5. The molecule has 0 aliphatic heterocycles. The Morgan fingerprint density at radius 2 is 1.29 bits per heavy atom. The van der Waals surface area contributed by atoms with Gasteiger partial charge >= 0.3 is 0 Å². The summed E-state index contributed by atoms with van der Waals surface area (Å²) >= 11 is 6.31. The van der Waals surface area contributed by atoms with Crippen molar-refractivity contribution in [1.82, 2.24) is 0 Å². The van der Waals surface area contributed by atoms with E-state index in [1.165, 1.54) is 0 Å².